The maximum absolute atomic E-state index is 12.5. The van der Waals surface area contributed by atoms with Crippen LogP contribution in [0, 0.1) is 0 Å². The van der Waals surface area contributed by atoms with Crippen molar-refractivity contribution in [3.63, 3.8) is 0 Å². The van der Waals surface area contributed by atoms with Gasteiger partial charge in [0.25, 0.3) is 0 Å². The van der Waals surface area contributed by atoms with Gasteiger partial charge < -0.3 is 0 Å². The van der Waals surface area contributed by atoms with Gasteiger partial charge >= 0.3 is 0 Å². The van der Waals surface area contributed by atoms with Crippen molar-refractivity contribution in [3.8, 4) is 0 Å². The van der Waals surface area contributed by atoms with Crippen LogP contribution in [-0.2, 0) is 0 Å². The summed E-state index contributed by atoms with van der Waals surface area (Å²) in [4.78, 5) is 7.04. The molecule has 1 aliphatic rings. The van der Waals surface area contributed by atoms with Crippen LogP contribution in [0.3, 0.4) is 0 Å². The third-order valence-corrected chi connectivity index (χ3v) is 1.41. The molecule has 0 saturated carbocycles. The van der Waals surface area contributed by atoms with E-state index < -0.39 is 5.83 Å². The molecule has 0 aromatic carbocycles. The molecule has 0 bridgehead atoms. The van der Waals surface area contributed by atoms with Gasteiger partial charge in [-0.1, -0.05) is 11.6 Å². The second-order valence-electron chi connectivity index (χ2n) is 1.60. The van der Waals surface area contributed by atoms with Crippen molar-refractivity contribution in [2.45, 2.75) is 0 Å². The Kier molecular flexibility index (Phi) is 2.40. The highest BCUT2D eigenvalue weighted by Crippen LogP contribution is 2.12. The fraction of sp³-hybridized carbons (Fsp3) is 0.200. The molecule has 1 heterocycles. The van der Waals surface area contributed by atoms with Crippen LogP contribution in [-0.4, -0.2) is 18.1 Å². The van der Waals surface area contributed by atoms with E-state index in [0.29, 0.717) is 0 Å². The number of rotatable bonds is 0. The maximum Gasteiger partial charge on any atom is 0.218 e. The minimum atomic E-state index is -0.582. The number of amidine groups is 1. The van der Waals surface area contributed by atoms with Gasteiger partial charge in [0.05, 0.1) is 17.8 Å². The quantitative estimate of drug-likeness (QED) is 0.511. The summed E-state index contributed by atoms with van der Waals surface area (Å²) in [5.41, 5.74) is 0. The van der Waals surface area contributed by atoms with Gasteiger partial charge in [0.2, 0.25) is 5.29 Å². The van der Waals surface area contributed by atoms with Crippen molar-refractivity contribution in [2.75, 3.05) is 6.54 Å². The van der Waals surface area contributed by atoms with Crippen molar-refractivity contribution < 1.29 is 4.39 Å². The first-order valence-corrected chi connectivity index (χ1v) is 3.24. The van der Waals surface area contributed by atoms with E-state index in [2.05, 4.69) is 9.98 Å². The van der Waals surface area contributed by atoms with Gasteiger partial charge in [0.1, 0.15) is 0 Å². The lowest BCUT2D eigenvalue weighted by atomic mass is 10.5. The third kappa shape index (κ3) is 1.78. The zero-order valence-electron chi connectivity index (χ0n) is 4.81. The van der Waals surface area contributed by atoms with Crippen molar-refractivity contribution in [2.24, 2.45) is 9.98 Å². The molecule has 0 spiro atoms. The first-order valence-electron chi connectivity index (χ1n) is 2.48. The van der Waals surface area contributed by atoms with Crippen molar-refractivity contribution in [1.82, 2.24) is 0 Å². The predicted octanol–water partition coefficient (Wildman–Crippen LogP) is 2.09. The minimum absolute atomic E-state index is 0.0193. The van der Waals surface area contributed by atoms with Crippen LogP contribution in [0.2, 0.25) is 0 Å². The molecular formula is C5H3Cl2FN2. The standard InChI is InChI=1S/C5H3Cl2FN2/c6-3-1-9-5(7)10-2-4(3)8/h2H,1H2. The zero-order valence-corrected chi connectivity index (χ0v) is 6.32. The monoisotopic (exact) mass is 180 g/mol. The van der Waals surface area contributed by atoms with E-state index in [1.807, 2.05) is 0 Å². The summed E-state index contributed by atoms with van der Waals surface area (Å²) in [6, 6.07) is 0. The van der Waals surface area contributed by atoms with Crippen LogP contribution in [0.25, 0.3) is 0 Å². The Morgan fingerprint density at radius 1 is 1.50 bits per heavy atom. The molecule has 2 nitrogen and oxygen atoms in total. The second-order valence-corrected chi connectivity index (χ2v) is 2.39. The van der Waals surface area contributed by atoms with E-state index in [4.69, 9.17) is 23.2 Å². The highest BCUT2D eigenvalue weighted by Gasteiger charge is 2.04. The van der Waals surface area contributed by atoms with Crippen LogP contribution in [0.1, 0.15) is 0 Å². The largest absolute Gasteiger partial charge is 0.250 e. The van der Waals surface area contributed by atoms with E-state index in [1.54, 1.807) is 0 Å². The molecule has 0 aromatic rings. The lowest BCUT2D eigenvalue weighted by Gasteiger charge is -1.87. The molecule has 0 atom stereocenters. The molecule has 5 heteroatoms. The van der Waals surface area contributed by atoms with Crippen LogP contribution < -0.4 is 0 Å². The molecule has 0 amide bonds. The second kappa shape index (κ2) is 3.12. The average Bonchev–Trinajstić information content (AvgIpc) is 2.04. The predicted molar refractivity (Wildman–Crippen MR) is 40.6 cm³/mol. The summed E-state index contributed by atoms with van der Waals surface area (Å²) in [7, 11) is 0. The Morgan fingerprint density at radius 2 is 2.20 bits per heavy atom. The maximum atomic E-state index is 12.5. The third-order valence-electron chi connectivity index (χ3n) is 0.892. The van der Waals surface area contributed by atoms with E-state index in [1.165, 1.54) is 0 Å². The lowest BCUT2D eigenvalue weighted by Crippen LogP contribution is -1.82. The van der Waals surface area contributed by atoms with E-state index in [-0.39, 0.29) is 16.9 Å². The smallest absolute Gasteiger partial charge is 0.218 e. The summed E-state index contributed by atoms with van der Waals surface area (Å²) in [6.07, 6.45) is 0.946. The Hall–Kier alpha value is -0.410. The fourth-order valence-corrected chi connectivity index (χ4v) is 0.648. The summed E-state index contributed by atoms with van der Waals surface area (Å²) in [6.45, 7) is 0.0617. The molecule has 0 unspecified atom stereocenters. The number of hydrogen-bond donors (Lipinski definition) is 0. The van der Waals surface area contributed by atoms with Crippen molar-refractivity contribution >= 4 is 34.7 Å². The van der Waals surface area contributed by atoms with Gasteiger partial charge in [-0.15, -0.1) is 0 Å². The molecule has 54 valence electrons. The zero-order chi connectivity index (χ0) is 7.56. The van der Waals surface area contributed by atoms with Crippen molar-refractivity contribution in [3.05, 3.63) is 10.9 Å². The summed E-state index contributed by atoms with van der Waals surface area (Å²) >= 11 is 10.7. The Labute approximate surface area is 67.1 Å². The fourth-order valence-electron chi connectivity index (χ4n) is 0.431. The van der Waals surface area contributed by atoms with E-state index in [0.717, 1.165) is 6.21 Å². The molecule has 0 aliphatic carbocycles. The van der Waals surface area contributed by atoms with Gasteiger partial charge in [-0.05, 0) is 11.6 Å². The van der Waals surface area contributed by atoms with E-state index >= 15 is 0 Å². The first kappa shape index (κ1) is 7.69. The molecule has 0 saturated heterocycles. The van der Waals surface area contributed by atoms with Gasteiger partial charge in [0, 0.05) is 0 Å². The summed E-state index contributed by atoms with van der Waals surface area (Å²) in [5, 5.41) is 0.0465. The average molecular weight is 181 g/mol. The summed E-state index contributed by atoms with van der Waals surface area (Å²) < 4.78 is 12.5. The Bertz CT molecular complexity index is 232. The van der Waals surface area contributed by atoms with Crippen LogP contribution >= 0.6 is 23.2 Å². The molecule has 10 heavy (non-hydrogen) atoms. The highest BCUT2D eigenvalue weighted by molar-refractivity contribution is 6.65. The molecule has 0 aromatic heterocycles. The molecule has 0 N–H and O–H groups in total. The molecule has 1 aliphatic heterocycles. The number of nitrogens with zero attached hydrogens (tertiary/aromatic N) is 2. The first-order chi connectivity index (χ1) is 4.70. The number of halogens is 3. The molecular weight excluding hydrogens is 178 g/mol. The van der Waals surface area contributed by atoms with Crippen molar-refractivity contribution in [1.29, 1.82) is 0 Å². The molecule has 0 radical (unpaired) electrons. The van der Waals surface area contributed by atoms with E-state index in [9.17, 15) is 4.39 Å². The van der Waals surface area contributed by atoms with Crippen LogP contribution in [0.4, 0.5) is 4.39 Å². The molecule has 0 fully saturated rings. The SMILES string of the molecule is FC1=C(Cl)CN=C(Cl)N=C1. The Balaban J connectivity index is 2.89. The lowest BCUT2D eigenvalue weighted by molar-refractivity contribution is 0.680. The Morgan fingerprint density at radius 3 is 2.90 bits per heavy atom. The number of hydrogen-bond acceptors (Lipinski definition) is 2. The van der Waals surface area contributed by atoms with Gasteiger partial charge in [-0.25, -0.2) is 9.38 Å². The minimum Gasteiger partial charge on any atom is -0.250 e. The van der Waals surface area contributed by atoms with Crippen LogP contribution in [0.15, 0.2) is 20.8 Å². The normalized spacial score (nSPS) is 18.9. The molecule has 1 rings (SSSR count). The number of aliphatic imine (C=N–C) groups is 2. The highest BCUT2D eigenvalue weighted by atomic mass is 35.5. The van der Waals surface area contributed by atoms with Gasteiger partial charge in [0.15, 0.2) is 5.83 Å². The topological polar surface area (TPSA) is 24.7 Å². The van der Waals surface area contributed by atoms with Gasteiger partial charge in [-0.3, -0.25) is 4.99 Å². The number of allylic oxidation sites excluding steroid dienone is 1. The van der Waals surface area contributed by atoms with Crippen LogP contribution in [0.5, 0.6) is 0 Å². The summed E-state index contributed by atoms with van der Waals surface area (Å²) in [5.74, 6) is -0.582. The van der Waals surface area contributed by atoms with Gasteiger partial charge in [-0.2, -0.15) is 0 Å².